The Hall–Kier alpha value is -4.41. The Kier molecular flexibility index (Phi) is 5.32. The second-order valence-corrected chi connectivity index (χ2v) is 8.84. The molecule has 0 aromatic carbocycles. The molecule has 0 bridgehead atoms. The minimum atomic E-state index is -2.76. The minimum Gasteiger partial charge on any atom is -0.366 e. The molecule has 1 aliphatic heterocycles. The molecule has 9 nitrogen and oxygen atoms in total. The number of anilines is 3. The number of hydrogen-bond acceptors (Lipinski definition) is 7. The van der Waals surface area contributed by atoms with Gasteiger partial charge >= 0.3 is 0 Å². The molecule has 4 aromatic heterocycles. The molecule has 0 radical (unpaired) electrons. The topological polar surface area (TPSA) is 109 Å². The van der Waals surface area contributed by atoms with Crippen LogP contribution in [-0.2, 0) is 0 Å². The van der Waals surface area contributed by atoms with E-state index in [1.807, 2.05) is 18.2 Å². The van der Waals surface area contributed by atoms with Gasteiger partial charge in [0.1, 0.15) is 5.82 Å². The molecule has 11 heteroatoms. The molecular formula is C25H22F2N8O. The first kappa shape index (κ1) is 22.1. The maximum absolute atomic E-state index is 14.0. The molecule has 1 amide bonds. The standard InChI is InChI=1S/C25H22F2N8O/c26-25(27,16-3-4-16)14-31-24-30-12-19-18(5-8-29-22(19)34-24)15-6-9-35-21(10-15)20(13-32-35)23(36)33-17-2-1-7-28-11-17/h1-2,5-7,9-13,16H,3-4,8,14H2,(H,33,36)(H2,29,30,31,34). The van der Waals surface area contributed by atoms with E-state index in [2.05, 4.69) is 36.0 Å². The lowest BCUT2D eigenvalue weighted by molar-refractivity contribution is -0.00832. The van der Waals surface area contributed by atoms with Crippen LogP contribution < -0.4 is 16.0 Å². The van der Waals surface area contributed by atoms with Gasteiger partial charge in [-0.3, -0.25) is 9.78 Å². The molecule has 4 aromatic rings. The van der Waals surface area contributed by atoms with Crippen molar-refractivity contribution in [3.05, 3.63) is 78.0 Å². The fraction of sp³-hybridized carbons (Fsp3) is 0.240. The quantitative estimate of drug-likeness (QED) is 0.360. The summed E-state index contributed by atoms with van der Waals surface area (Å²) in [6.45, 7) is 0.0245. The third-order valence-electron chi connectivity index (χ3n) is 6.31. The maximum atomic E-state index is 14.0. The van der Waals surface area contributed by atoms with Crippen molar-refractivity contribution >= 4 is 34.5 Å². The van der Waals surface area contributed by atoms with Crippen molar-refractivity contribution < 1.29 is 13.6 Å². The second-order valence-electron chi connectivity index (χ2n) is 8.84. The van der Waals surface area contributed by atoms with E-state index in [4.69, 9.17) is 0 Å². The van der Waals surface area contributed by atoms with Crippen molar-refractivity contribution in [1.82, 2.24) is 24.6 Å². The summed E-state index contributed by atoms with van der Waals surface area (Å²) in [4.78, 5) is 25.6. The highest BCUT2D eigenvalue weighted by molar-refractivity contribution is 6.09. The van der Waals surface area contributed by atoms with Gasteiger partial charge in [0, 0.05) is 36.6 Å². The van der Waals surface area contributed by atoms with Crippen LogP contribution >= 0.6 is 0 Å². The van der Waals surface area contributed by atoms with Crippen LogP contribution in [-0.4, -0.2) is 49.5 Å². The average molecular weight is 489 g/mol. The Morgan fingerprint density at radius 3 is 2.92 bits per heavy atom. The zero-order chi connectivity index (χ0) is 24.7. The number of rotatable bonds is 7. The molecule has 1 fully saturated rings. The maximum Gasteiger partial charge on any atom is 0.267 e. The fourth-order valence-electron chi connectivity index (χ4n) is 4.24. The van der Waals surface area contributed by atoms with E-state index in [-0.39, 0.29) is 11.9 Å². The summed E-state index contributed by atoms with van der Waals surface area (Å²) in [6, 6.07) is 7.28. The van der Waals surface area contributed by atoms with E-state index >= 15 is 0 Å². The van der Waals surface area contributed by atoms with Gasteiger partial charge in [-0.2, -0.15) is 10.1 Å². The highest BCUT2D eigenvalue weighted by Gasteiger charge is 2.46. The first-order valence-corrected chi connectivity index (χ1v) is 11.6. The Morgan fingerprint density at radius 1 is 1.22 bits per heavy atom. The number of hydrogen-bond donors (Lipinski definition) is 3. The number of pyridine rings is 2. The molecular weight excluding hydrogens is 466 g/mol. The summed E-state index contributed by atoms with van der Waals surface area (Å²) in [7, 11) is 0. The molecule has 5 heterocycles. The summed E-state index contributed by atoms with van der Waals surface area (Å²) in [5.74, 6) is -2.90. The number of nitrogens with one attached hydrogen (secondary N) is 3. The van der Waals surface area contributed by atoms with Crippen LogP contribution in [0.4, 0.5) is 26.2 Å². The van der Waals surface area contributed by atoms with Crippen molar-refractivity contribution in [2.24, 2.45) is 5.92 Å². The highest BCUT2D eigenvalue weighted by Crippen LogP contribution is 2.43. The molecule has 0 unspecified atom stereocenters. The first-order valence-electron chi connectivity index (χ1n) is 11.6. The zero-order valence-electron chi connectivity index (χ0n) is 19.1. The van der Waals surface area contributed by atoms with Crippen LogP contribution in [0.15, 0.2) is 61.3 Å². The van der Waals surface area contributed by atoms with Crippen LogP contribution in [0.3, 0.4) is 0 Å². The molecule has 1 aliphatic carbocycles. The molecule has 182 valence electrons. The van der Waals surface area contributed by atoms with E-state index in [1.165, 1.54) is 6.20 Å². The number of fused-ring (bicyclic) bond motifs is 2. The molecule has 6 rings (SSSR count). The molecule has 36 heavy (non-hydrogen) atoms. The summed E-state index contributed by atoms with van der Waals surface area (Å²) in [6.07, 6.45) is 11.2. The highest BCUT2D eigenvalue weighted by atomic mass is 19.3. The van der Waals surface area contributed by atoms with Crippen LogP contribution in [0.25, 0.3) is 11.1 Å². The largest absolute Gasteiger partial charge is 0.366 e. The number of carbonyl (C=O) groups excluding carboxylic acids is 1. The van der Waals surface area contributed by atoms with Crippen molar-refractivity contribution in [2.75, 3.05) is 29.0 Å². The second kappa shape index (κ2) is 8.67. The minimum absolute atomic E-state index is 0.156. The predicted octanol–water partition coefficient (Wildman–Crippen LogP) is 4.09. The lowest BCUT2D eigenvalue weighted by Gasteiger charge is -2.20. The Bertz CT molecular complexity index is 1480. The van der Waals surface area contributed by atoms with Crippen molar-refractivity contribution in [3.63, 3.8) is 0 Å². The van der Waals surface area contributed by atoms with E-state index in [1.54, 1.807) is 41.4 Å². The number of amides is 1. The fourth-order valence-corrected chi connectivity index (χ4v) is 4.24. The van der Waals surface area contributed by atoms with E-state index < -0.39 is 18.4 Å². The van der Waals surface area contributed by atoms with Gasteiger partial charge in [0.25, 0.3) is 11.8 Å². The Morgan fingerprint density at radius 2 is 2.11 bits per heavy atom. The Balaban J connectivity index is 1.26. The first-order chi connectivity index (χ1) is 17.5. The zero-order valence-corrected chi connectivity index (χ0v) is 19.1. The third-order valence-corrected chi connectivity index (χ3v) is 6.31. The van der Waals surface area contributed by atoms with Gasteiger partial charge in [-0.25, -0.2) is 18.3 Å². The van der Waals surface area contributed by atoms with Gasteiger partial charge in [-0.05, 0) is 48.2 Å². The summed E-state index contributed by atoms with van der Waals surface area (Å²) in [5, 5.41) is 13.0. The van der Waals surface area contributed by atoms with Crippen LogP contribution in [0.1, 0.15) is 34.3 Å². The number of halogens is 2. The summed E-state index contributed by atoms with van der Waals surface area (Å²) < 4.78 is 29.7. The van der Waals surface area contributed by atoms with Gasteiger partial charge in [-0.15, -0.1) is 0 Å². The number of aromatic nitrogens is 5. The van der Waals surface area contributed by atoms with E-state index in [0.29, 0.717) is 42.0 Å². The third kappa shape index (κ3) is 4.23. The van der Waals surface area contributed by atoms with Crippen molar-refractivity contribution in [1.29, 1.82) is 0 Å². The summed E-state index contributed by atoms with van der Waals surface area (Å²) >= 11 is 0. The molecule has 3 N–H and O–H groups in total. The van der Waals surface area contributed by atoms with Gasteiger partial charge in [0.15, 0.2) is 0 Å². The van der Waals surface area contributed by atoms with E-state index in [9.17, 15) is 13.6 Å². The molecule has 0 spiro atoms. The average Bonchev–Trinajstić information content (AvgIpc) is 3.68. The van der Waals surface area contributed by atoms with Gasteiger partial charge in [-0.1, -0.05) is 6.08 Å². The van der Waals surface area contributed by atoms with E-state index in [0.717, 1.165) is 16.7 Å². The normalized spacial score (nSPS) is 15.1. The number of alkyl halides is 2. The van der Waals surface area contributed by atoms with Crippen LogP contribution in [0.2, 0.25) is 0 Å². The SMILES string of the molecule is O=C(Nc1cccnc1)c1cnn2ccc(C3=CCNc4nc(NCC(F)(F)C5CC5)ncc43)cc12. The molecule has 0 saturated heterocycles. The van der Waals surface area contributed by atoms with Crippen molar-refractivity contribution in [3.8, 4) is 0 Å². The number of nitrogens with zero attached hydrogens (tertiary/aromatic N) is 5. The van der Waals surface area contributed by atoms with Crippen LogP contribution in [0.5, 0.6) is 0 Å². The van der Waals surface area contributed by atoms with Gasteiger partial charge in [0.2, 0.25) is 5.95 Å². The molecule has 2 aliphatic rings. The lowest BCUT2D eigenvalue weighted by atomic mass is 9.97. The smallest absolute Gasteiger partial charge is 0.267 e. The predicted molar refractivity (Wildman–Crippen MR) is 131 cm³/mol. The van der Waals surface area contributed by atoms with Gasteiger partial charge in [0.05, 0.1) is 35.7 Å². The summed E-state index contributed by atoms with van der Waals surface area (Å²) in [5.41, 5.74) is 4.11. The van der Waals surface area contributed by atoms with Gasteiger partial charge < -0.3 is 16.0 Å². The molecule has 0 atom stereocenters. The lowest BCUT2D eigenvalue weighted by Crippen LogP contribution is -2.30. The Labute approximate surface area is 204 Å². The monoisotopic (exact) mass is 488 g/mol. The number of carbonyl (C=O) groups is 1. The molecule has 1 saturated carbocycles. The van der Waals surface area contributed by atoms with Crippen molar-refractivity contribution in [2.45, 2.75) is 18.8 Å². The van der Waals surface area contributed by atoms with Crippen LogP contribution in [0, 0.1) is 5.92 Å².